The molecule has 2 N–H and O–H groups in total. The van der Waals surface area contributed by atoms with Gasteiger partial charge in [0.15, 0.2) is 0 Å². The first-order valence-corrected chi connectivity index (χ1v) is 13.4. The normalized spacial score (nSPS) is 34.9. The topological polar surface area (TPSA) is 74.6 Å². The molecule has 3 aliphatic carbocycles. The first-order valence-electron chi connectivity index (χ1n) is 13.4. The molecule has 0 spiro atoms. The van der Waals surface area contributed by atoms with Crippen molar-refractivity contribution < 1.29 is 19.8 Å². The molecule has 1 fully saturated rings. The zero-order chi connectivity index (χ0) is 26.3. The van der Waals surface area contributed by atoms with Gasteiger partial charge in [-0.25, -0.2) is 0 Å². The minimum atomic E-state index is -0.761. The lowest BCUT2D eigenvalue weighted by Gasteiger charge is -2.56. The van der Waals surface area contributed by atoms with Crippen LogP contribution in [0.1, 0.15) is 92.9 Å². The second kappa shape index (κ2) is 9.75. The Bertz CT molecular complexity index is 968. The van der Waals surface area contributed by atoms with E-state index in [-0.39, 0.29) is 40.4 Å². The van der Waals surface area contributed by atoms with Crippen molar-refractivity contribution in [2.24, 2.45) is 39.9 Å². The molecule has 194 valence electrons. The number of carboxylic acid groups (broad SMARTS) is 2. The third kappa shape index (κ3) is 4.58. The number of rotatable bonds is 10. The Labute approximate surface area is 212 Å². The van der Waals surface area contributed by atoms with Gasteiger partial charge in [0.1, 0.15) is 0 Å². The van der Waals surface area contributed by atoms with E-state index in [2.05, 4.69) is 66.9 Å². The quantitative estimate of drug-likeness (QED) is 0.311. The van der Waals surface area contributed by atoms with Gasteiger partial charge in [0.05, 0.1) is 5.92 Å². The van der Waals surface area contributed by atoms with Gasteiger partial charge >= 0.3 is 11.9 Å². The van der Waals surface area contributed by atoms with Crippen molar-refractivity contribution in [3.8, 4) is 0 Å². The average Bonchev–Trinajstić information content (AvgIpc) is 3.03. The zero-order valence-electron chi connectivity index (χ0n) is 22.7. The van der Waals surface area contributed by atoms with E-state index in [0.717, 1.165) is 43.3 Å². The fourth-order valence-electron chi connectivity index (χ4n) is 7.75. The lowest BCUT2D eigenvalue weighted by molar-refractivity contribution is -0.146. The zero-order valence-corrected chi connectivity index (χ0v) is 22.7. The molecular weight excluding hydrogens is 436 g/mol. The van der Waals surface area contributed by atoms with Gasteiger partial charge in [0.25, 0.3) is 0 Å². The molecule has 0 aromatic carbocycles. The maximum absolute atomic E-state index is 12.5. The van der Waals surface area contributed by atoms with Gasteiger partial charge in [-0.15, -0.1) is 0 Å². The van der Waals surface area contributed by atoms with Crippen LogP contribution < -0.4 is 0 Å². The maximum atomic E-state index is 12.5. The Morgan fingerprint density at radius 3 is 2.29 bits per heavy atom. The van der Waals surface area contributed by atoms with Crippen LogP contribution in [0, 0.1) is 39.9 Å². The van der Waals surface area contributed by atoms with E-state index in [4.69, 9.17) is 0 Å². The van der Waals surface area contributed by atoms with Crippen LogP contribution in [0.15, 0.2) is 47.6 Å². The van der Waals surface area contributed by atoms with Gasteiger partial charge in [-0.1, -0.05) is 71.1 Å². The number of carboxylic acids is 2. The number of carbonyl (C=O) groups is 2. The minimum Gasteiger partial charge on any atom is -0.481 e. The highest BCUT2D eigenvalue weighted by Gasteiger charge is 2.62. The molecule has 1 saturated carbocycles. The maximum Gasteiger partial charge on any atom is 0.306 e. The van der Waals surface area contributed by atoms with Crippen LogP contribution >= 0.6 is 0 Å². The van der Waals surface area contributed by atoms with Crippen molar-refractivity contribution in [3.05, 3.63) is 47.6 Å². The van der Waals surface area contributed by atoms with Gasteiger partial charge in [0, 0.05) is 6.42 Å². The monoisotopic (exact) mass is 482 g/mol. The molecule has 0 radical (unpaired) electrons. The van der Waals surface area contributed by atoms with E-state index in [1.807, 2.05) is 0 Å². The number of fused-ring (bicyclic) bond motifs is 3. The Morgan fingerprint density at radius 1 is 1.09 bits per heavy atom. The lowest BCUT2D eigenvalue weighted by Crippen LogP contribution is -2.48. The van der Waals surface area contributed by atoms with Gasteiger partial charge in [-0.3, -0.25) is 9.59 Å². The summed E-state index contributed by atoms with van der Waals surface area (Å²) in [7, 11) is 0. The van der Waals surface area contributed by atoms with Crippen molar-refractivity contribution in [3.63, 3.8) is 0 Å². The number of hydrogen-bond acceptors (Lipinski definition) is 2. The molecule has 3 rings (SSSR count). The molecule has 3 aliphatic rings. The molecule has 0 aliphatic heterocycles. The summed E-state index contributed by atoms with van der Waals surface area (Å²) < 4.78 is 0. The van der Waals surface area contributed by atoms with Gasteiger partial charge in [-0.05, 0) is 97.0 Å². The van der Waals surface area contributed by atoms with Crippen molar-refractivity contribution in [1.29, 1.82) is 0 Å². The van der Waals surface area contributed by atoms with Crippen LogP contribution in [0.5, 0.6) is 0 Å². The van der Waals surface area contributed by atoms with Crippen LogP contribution in [0.2, 0.25) is 0 Å². The smallest absolute Gasteiger partial charge is 0.306 e. The van der Waals surface area contributed by atoms with Gasteiger partial charge in [0.2, 0.25) is 0 Å². The van der Waals surface area contributed by atoms with E-state index in [1.54, 1.807) is 0 Å². The van der Waals surface area contributed by atoms with Crippen LogP contribution in [-0.2, 0) is 9.59 Å². The molecule has 4 nitrogen and oxygen atoms in total. The molecule has 6 atom stereocenters. The summed E-state index contributed by atoms with van der Waals surface area (Å²) in [4.78, 5) is 24.1. The Kier molecular flexibility index (Phi) is 7.65. The highest BCUT2D eigenvalue weighted by Crippen LogP contribution is 2.70. The fourth-order valence-corrected chi connectivity index (χ4v) is 7.75. The average molecular weight is 483 g/mol. The molecule has 0 saturated heterocycles. The molecule has 4 heteroatoms. The largest absolute Gasteiger partial charge is 0.481 e. The summed E-state index contributed by atoms with van der Waals surface area (Å²) in [6, 6.07) is 0. The molecule has 0 aromatic rings. The number of aliphatic carboxylic acids is 2. The molecule has 0 aromatic heterocycles. The first kappa shape index (κ1) is 27.5. The van der Waals surface area contributed by atoms with Crippen LogP contribution in [0.3, 0.4) is 0 Å². The van der Waals surface area contributed by atoms with Crippen molar-refractivity contribution in [2.75, 3.05) is 0 Å². The van der Waals surface area contributed by atoms with Gasteiger partial charge < -0.3 is 10.2 Å². The standard InChI is InChI=1S/C31H46O4/c1-19(2)21(5)9-10-22(28(34)35)24-13-17-31(8)26-12-11-23(20(3)4)29(6,16-15-27(32)33)25(26)14-18-30(24,31)7/h12,14,19,22-24H,3,5,9-11,13,15-18H2,1-2,4,6-8H3,(H,32,33)(H,34,35). The predicted molar refractivity (Wildman–Crippen MR) is 142 cm³/mol. The van der Waals surface area contributed by atoms with Crippen molar-refractivity contribution in [1.82, 2.24) is 0 Å². The Morgan fingerprint density at radius 2 is 1.74 bits per heavy atom. The molecule has 6 unspecified atom stereocenters. The van der Waals surface area contributed by atoms with E-state index in [0.29, 0.717) is 18.8 Å². The van der Waals surface area contributed by atoms with E-state index in [1.165, 1.54) is 11.1 Å². The van der Waals surface area contributed by atoms with E-state index < -0.39 is 11.9 Å². The summed E-state index contributed by atoms with van der Waals surface area (Å²) >= 11 is 0. The number of hydrogen-bond donors (Lipinski definition) is 2. The molecule has 0 heterocycles. The predicted octanol–water partition coefficient (Wildman–Crippen LogP) is 7.83. The highest BCUT2D eigenvalue weighted by molar-refractivity contribution is 5.71. The summed E-state index contributed by atoms with van der Waals surface area (Å²) in [5.41, 5.74) is 4.34. The summed E-state index contributed by atoms with van der Waals surface area (Å²) in [5.74, 6) is -1.13. The van der Waals surface area contributed by atoms with Crippen molar-refractivity contribution >= 4 is 11.9 Å². The third-order valence-electron chi connectivity index (χ3n) is 10.4. The third-order valence-corrected chi connectivity index (χ3v) is 10.4. The summed E-state index contributed by atoms with van der Waals surface area (Å²) in [5, 5.41) is 19.8. The van der Waals surface area contributed by atoms with Crippen LogP contribution in [0.4, 0.5) is 0 Å². The Hall–Kier alpha value is -2.10. The fraction of sp³-hybridized carbons (Fsp3) is 0.677. The van der Waals surface area contributed by atoms with Gasteiger partial charge in [-0.2, -0.15) is 0 Å². The van der Waals surface area contributed by atoms with Crippen molar-refractivity contribution in [2.45, 2.75) is 92.9 Å². The summed E-state index contributed by atoms with van der Waals surface area (Å²) in [6.07, 6.45) is 10.4. The lowest BCUT2D eigenvalue weighted by atomic mass is 9.48. The molecule has 35 heavy (non-hydrogen) atoms. The second-order valence-corrected chi connectivity index (χ2v) is 12.6. The van der Waals surface area contributed by atoms with Crippen LogP contribution in [-0.4, -0.2) is 22.2 Å². The SMILES string of the molecule is C=C(CCC(C(=O)O)C1CCC2(C)C3=CCC(C(=C)C)C(C)(CCC(=O)O)C3=CCC12C)C(C)C. The molecule has 0 bridgehead atoms. The second-order valence-electron chi connectivity index (χ2n) is 12.6. The van der Waals surface area contributed by atoms with E-state index in [9.17, 15) is 19.8 Å². The van der Waals surface area contributed by atoms with E-state index >= 15 is 0 Å². The first-order chi connectivity index (χ1) is 16.2. The Balaban J connectivity index is 2.00. The highest BCUT2D eigenvalue weighted by atomic mass is 16.4. The molecule has 0 amide bonds. The summed E-state index contributed by atoms with van der Waals surface area (Å²) in [6.45, 7) is 21.6. The van der Waals surface area contributed by atoms with Crippen LogP contribution in [0.25, 0.3) is 0 Å². The number of allylic oxidation sites excluding steroid dienone is 6. The molecular formula is C31H46O4. The minimum absolute atomic E-state index is 0.104.